The lowest BCUT2D eigenvalue weighted by atomic mass is 10.1. The average Bonchev–Trinajstić information content (AvgIpc) is 2.39. The molecule has 0 spiro atoms. The third-order valence-corrected chi connectivity index (χ3v) is 2.48. The Morgan fingerprint density at radius 1 is 1.40 bits per heavy atom. The van der Waals surface area contributed by atoms with Crippen molar-refractivity contribution in [3.05, 3.63) is 23.5 Å². The van der Waals surface area contributed by atoms with Gasteiger partial charge in [0.25, 0.3) is 0 Å². The number of halogens is 1. The first-order valence-corrected chi connectivity index (χ1v) is 5.80. The summed E-state index contributed by atoms with van der Waals surface area (Å²) in [6.45, 7) is 1.43. The summed E-state index contributed by atoms with van der Waals surface area (Å²) in [6.07, 6.45) is 0. The van der Waals surface area contributed by atoms with Crippen LogP contribution in [0.2, 0.25) is 0 Å². The summed E-state index contributed by atoms with van der Waals surface area (Å²) < 4.78 is 18.7. The Hall–Kier alpha value is -2.80. The second-order valence-electron chi connectivity index (χ2n) is 3.78. The van der Waals surface area contributed by atoms with Crippen LogP contribution in [0.25, 0.3) is 0 Å². The maximum atomic E-state index is 13.9. The fourth-order valence-corrected chi connectivity index (χ4v) is 1.60. The van der Waals surface area contributed by atoms with Crippen molar-refractivity contribution in [1.82, 2.24) is 0 Å². The maximum absolute atomic E-state index is 13.9. The van der Waals surface area contributed by atoms with Gasteiger partial charge in [0.05, 0.1) is 30.0 Å². The second kappa shape index (κ2) is 6.95. The Labute approximate surface area is 115 Å². The third kappa shape index (κ3) is 3.36. The van der Waals surface area contributed by atoms with E-state index in [4.69, 9.17) is 21.0 Å². The normalized spacial score (nSPS) is 9.40. The van der Waals surface area contributed by atoms with Crippen molar-refractivity contribution in [1.29, 1.82) is 10.5 Å². The van der Waals surface area contributed by atoms with Gasteiger partial charge in [0.2, 0.25) is 0 Å². The van der Waals surface area contributed by atoms with Gasteiger partial charge in [-0.3, -0.25) is 0 Å². The van der Waals surface area contributed by atoms with Gasteiger partial charge in [0, 0.05) is 5.69 Å². The average molecular weight is 276 g/mol. The highest BCUT2D eigenvalue weighted by molar-refractivity contribution is 5.96. The highest BCUT2D eigenvalue weighted by Gasteiger charge is 2.18. The molecule has 20 heavy (non-hydrogen) atoms. The van der Waals surface area contributed by atoms with Crippen molar-refractivity contribution >= 4 is 17.3 Å². The predicted molar refractivity (Wildman–Crippen MR) is 70.2 cm³/mol. The molecule has 2 N–H and O–H groups in total. The van der Waals surface area contributed by atoms with Gasteiger partial charge in [-0.1, -0.05) is 0 Å². The van der Waals surface area contributed by atoms with Crippen molar-refractivity contribution in [2.75, 3.05) is 30.3 Å². The number of nitrogen functional groups attached to an aromatic ring is 1. The van der Waals surface area contributed by atoms with Gasteiger partial charge in [-0.25, -0.2) is 9.18 Å². The van der Waals surface area contributed by atoms with Crippen molar-refractivity contribution in [3.8, 4) is 12.1 Å². The molecule has 104 valence electrons. The number of esters is 1. The Bertz CT molecular complexity index is 573. The molecule has 7 heteroatoms. The van der Waals surface area contributed by atoms with Gasteiger partial charge in [-0.15, -0.1) is 0 Å². The Morgan fingerprint density at radius 3 is 2.50 bits per heavy atom. The van der Waals surface area contributed by atoms with Crippen LogP contribution >= 0.6 is 0 Å². The number of ether oxygens (including phenoxy) is 1. The number of benzene rings is 1. The zero-order chi connectivity index (χ0) is 15.1. The first-order chi connectivity index (χ1) is 9.54. The van der Waals surface area contributed by atoms with Crippen LogP contribution in [0, 0.1) is 28.5 Å². The van der Waals surface area contributed by atoms with E-state index in [0.29, 0.717) is 0 Å². The smallest absolute Gasteiger partial charge is 0.340 e. The number of hydrogen-bond acceptors (Lipinski definition) is 6. The van der Waals surface area contributed by atoms with E-state index in [1.54, 1.807) is 6.92 Å². The fourth-order valence-electron chi connectivity index (χ4n) is 1.60. The minimum Gasteiger partial charge on any atom is -0.462 e. The van der Waals surface area contributed by atoms with Gasteiger partial charge in [0.15, 0.2) is 0 Å². The number of carbonyl (C=O) groups is 1. The predicted octanol–water partition coefficient (Wildman–Crippen LogP) is 1.44. The molecule has 0 bridgehead atoms. The highest BCUT2D eigenvalue weighted by atomic mass is 19.1. The van der Waals surface area contributed by atoms with Crippen molar-refractivity contribution in [3.63, 3.8) is 0 Å². The minimum atomic E-state index is -0.707. The molecule has 1 rings (SSSR count). The van der Waals surface area contributed by atoms with E-state index in [1.165, 1.54) is 11.0 Å². The van der Waals surface area contributed by atoms with E-state index in [2.05, 4.69) is 0 Å². The van der Waals surface area contributed by atoms with Gasteiger partial charge in [-0.05, 0) is 19.1 Å². The van der Waals surface area contributed by atoms with Crippen LogP contribution in [0.1, 0.15) is 17.3 Å². The number of hydrogen-bond donors (Lipinski definition) is 1. The molecule has 0 aliphatic carbocycles. The summed E-state index contributed by atoms with van der Waals surface area (Å²) in [4.78, 5) is 12.9. The van der Waals surface area contributed by atoms with Crippen LogP contribution in [0.5, 0.6) is 0 Å². The van der Waals surface area contributed by atoms with Crippen molar-refractivity contribution < 1.29 is 13.9 Å². The van der Waals surface area contributed by atoms with Crippen LogP contribution in [0.4, 0.5) is 15.8 Å². The monoisotopic (exact) mass is 276 g/mol. The Kier molecular flexibility index (Phi) is 5.31. The van der Waals surface area contributed by atoms with Crippen LogP contribution in [-0.2, 0) is 4.74 Å². The number of nitriles is 2. The molecule has 0 radical (unpaired) electrons. The molecule has 1 aromatic carbocycles. The summed E-state index contributed by atoms with van der Waals surface area (Å²) in [6, 6.07) is 5.82. The zero-order valence-electron chi connectivity index (χ0n) is 10.9. The van der Waals surface area contributed by atoms with E-state index < -0.39 is 11.8 Å². The molecule has 0 heterocycles. The SMILES string of the molecule is CCOC(=O)c1cc(N(CC#N)CC#N)c(F)cc1N. The standard InChI is InChI=1S/C13H13FN4O2/c1-2-20-13(19)9-7-12(10(14)8-11(9)17)18(5-3-15)6-4-16/h7-8H,2,5-6,17H2,1H3. The topological polar surface area (TPSA) is 103 Å². The number of nitrogens with two attached hydrogens (primary N) is 1. The molecule has 0 unspecified atom stereocenters. The summed E-state index contributed by atoms with van der Waals surface area (Å²) in [5, 5.41) is 17.4. The van der Waals surface area contributed by atoms with E-state index in [0.717, 1.165) is 6.07 Å². The lowest BCUT2D eigenvalue weighted by Crippen LogP contribution is -2.25. The quantitative estimate of drug-likeness (QED) is 0.496. The van der Waals surface area contributed by atoms with Gasteiger partial charge < -0.3 is 15.4 Å². The molecule has 0 fully saturated rings. The Morgan fingerprint density at radius 2 is 2.00 bits per heavy atom. The lowest BCUT2D eigenvalue weighted by molar-refractivity contribution is 0.0527. The molecule has 0 atom stereocenters. The molecule has 0 saturated carbocycles. The van der Waals surface area contributed by atoms with Crippen LogP contribution < -0.4 is 10.6 Å². The number of carbonyl (C=O) groups excluding carboxylic acids is 1. The minimum absolute atomic E-state index is 0.00382. The molecular formula is C13H13FN4O2. The number of rotatable bonds is 5. The molecule has 0 saturated heterocycles. The third-order valence-electron chi connectivity index (χ3n) is 2.48. The molecule has 0 aliphatic heterocycles. The summed E-state index contributed by atoms with van der Waals surface area (Å²) in [7, 11) is 0. The van der Waals surface area contributed by atoms with Gasteiger partial charge >= 0.3 is 5.97 Å². The largest absolute Gasteiger partial charge is 0.462 e. The van der Waals surface area contributed by atoms with E-state index in [9.17, 15) is 9.18 Å². The maximum Gasteiger partial charge on any atom is 0.340 e. The number of anilines is 2. The van der Waals surface area contributed by atoms with Crippen molar-refractivity contribution in [2.24, 2.45) is 0 Å². The summed E-state index contributed by atoms with van der Waals surface area (Å²) in [5.41, 5.74) is 5.49. The zero-order valence-corrected chi connectivity index (χ0v) is 10.9. The molecule has 0 aromatic heterocycles. The number of nitrogens with zero attached hydrogens (tertiary/aromatic N) is 3. The highest BCUT2D eigenvalue weighted by Crippen LogP contribution is 2.26. The molecular weight excluding hydrogens is 263 g/mol. The summed E-state index contributed by atoms with van der Waals surface area (Å²) in [5.74, 6) is -1.39. The molecule has 1 aromatic rings. The van der Waals surface area contributed by atoms with E-state index in [1.807, 2.05) is 12.1 Å². The second-order valence-corrected chi connectivity index (χ2v) is 3.78. The summed E-state index contributed by atoms with van der Waals surface area (Å²) >= 11 is 0. The first kappa shape index (κ1) is 15.3. The molecule has 0 aliphatic rings. The van der Waals surface area contributed by atoms with Crippen LogP contribution in [0.3, 0.4) is 0 Å². The van der Waals surface area contributed by atoms with Gasteiger partial charge in [0.1, 0.15) is 18.9 Å². The van der Waals surface area contributed by atoms with Crippen LogP contribution in [-0.4, -0.2) is 25.7 Å². The first-order valence-electron chi connectivity index (χ1n) is 5.80. The van der Waals surface area contributed by atoms with E-state index in [-0.39, 0.29) is 36.6 Å². The van der Waals surface area contributed by atoms with Crippen LogP contribution in [0.15, 0.2) is 12.1 Å². The fraction of sp³-hybridized carbons (Fsp3) is 0.308. The molecule has 0 amide bonds. The Balaban J connectivity index is 3.26. The molecule has 6 nitrogen and oxygen atoms in total. The lowest BCUT2D eigenvalue weighted by Gasteiger charge is -2.20. The van der Waals surface area contributed by atoms with Gasteiger partial charge in [-0.2, -0.15) is 10.5 Å². The van der Waals surface area contributed by atoms with Crippen molar-refractivity contribution in [2.45, 2.75) is 6.92 Å². The van der Waals surface area contributed by atoms with E-state index >= 15 is 0 Å².